The summed E-state index contributed by atoms with van der Waals surface area (Å²) in [6.45, 7) is 0.0996. The van der Waals surface area contributed by atoms with E-state index in [4.69, 9.17) is 14.2 Å². The molecule has 7 nitrogen and oxygen atoms in total. The molecular formula is C24H14O7. The third-order valence-corrected chi connectivity index (χ3v) is 6.06. The summed E-state index contributed by atoms with van der Waals surface area (Å²) in [5.74, 6) is -3.53. The quantitative estimate of drug-likeness (QED) is 0.478. The summed E-state index contributed by atoms with van der Waals surface area (Å²) in [7, 11) is 1.47. The second-order valence-corrected chi connectivity index (χ2v) is 7.56. The van der Waals surface area contributed by atoms with Gasteiger partial charge in [-0.1, -0.05) is 36.4 Å². The normalized spacial score (nSPS) is 20.2. The standard InChI is InChI=1S/C24H14O7/c1-29-16-8-4-5-11-10-30-24(19(11)16)20-17-14(9-15(25)18(20)23(28)31-24)21(26)12-6-2-3-7-13(12)22(17)27/h2-9,25H,10H2,1H3/t24-/m0/s1. The van der Waals surface area contributed by atoms with Crippen LogP contribution in [0.1, 0.15) is 58.9 Å². The van der Waals surface area contributed by atoms with Crippen molar-refractivity contribution in [1.82, 2.24) is 0 Å². The Labute approximate surface area is 175 Å². The fraction of sp³-hybridized carbons (Fsp3) is 0.125. The molecule has 0 unspecified atom stereocenters. The maximum absolute atomic E-state index is 13.6. The highest BCUT2D eigenvalue weighted by Gasteiger charge is 2.58. The zero-order valence-electron chi connectivity index (χ0n) is 16.2. The van der Waals surface area contributed by atoms with Gasteiger partial charge in [-0.3, -0.25) is 9.59 Å². The van der Waals surface area contributed by atoms with Gasteiger partial charge >= 0.3 is 5.97 Å². The minimum absolute atomic E-state index is 0.00102. The Bertz CT molecular complexity index is 1370. The number of aromatic hydroxyl groups is 1. The molecule has 0 saturated carbocycles. The lowest BCUT2D eigenvalue weighted by Gasteiger charge is -2.28. The van der Waals surface area contributed by atoms with Gasteiger partial charge in [0.15, 0.2) is 11.6 Å². The van der Waals surface area contributed by atoms with Crippen molar-refractivity contribution in [2.24, 2.45) is 0 Å². The second-order valence-electron chi connectivity index (χ2n) is 7.56. The van der Waals surface area contributed by atoms with Gasteiger partial charge in [-0.05, 0) is 17.7 Å². The molecule has 152 valence electrons. The van der Waals surface area contributed by atoms with E-state index in [1.54, 1.807) is 42.5 Å². The van der Waals surface area contributed by atoms with E-state index in [1.807, 2.05) is 0 Å². The number of fused-ring (bicyclic) bond motifs is 7. The van der Waals surface area contributed by atoms with Gasteiger partial charge in [-0.2, -0.15) is 0 Å². The molecule has 1 spiro atoms. The minimum atomic E-state index is -1.79. The topological polar surface area (TPSA) is 99.1 Å². The Hall–Kier alpha value is -3.97. The lowest BCUT2D eigenvalue weighted by Crippen LogP contribution is -2.32. The zero-order chi connectivity index (χ0) is 21.5. The number of hydrogen-bond donors (Lipinski definition) is 1. The highest BCUT2D eigenvalue weighted by atomic mass is 16.7. The van der Waals surface area contributed by atoms with Crippen molar-refractivity contribution in [3.8, 4) is 11.5 Å². The van der Waals surface area contributed by atoms with E-state index < -0.39 is 29.1 Å². The largest absolute Gasteiger partial charge is 0.507 e. The van der Waals surface area contributed by atoms with Gasteiger partial charge in [0.25, 0.3) is 5.79 Å². The number of esters is 1. The molecule has 1 atom stereocenters. The van der Waals surface area contributed by atoms with E-state index in [0.29, 0.717) is 16.9 Å². The lowest BCUT2D eigenvalue weighted by molar-refractivity contribution is -0.165. The van der Waals surface area contributed by atoms with Gasteiger partial charge in [-0.15, -0.1) is 0 Å². The number of phenols is 1. The summed E-state index contributed by atoms with van der Waals surface area (Å²) in [5.41, 5.74) is 1.49. The van der Waals surface area contributed by atoms with Crippen LogP contribution in [0.3, 0.4) is 0 Å². The van der Waals surface area contributed by atoms with Crippen LogP contribution in [0.15, 0.2) is 48.5 Å². The summed E-state index contributed by atoms with van der Waals surface area (Å²) < 4.78 is 17.2. The van der Waals surface area contributed by atoms with Crippen LogP contribution in [-0.4, -0.2) is 29.8 Å². The zero-order valence-corrected chi connectivity index (χ0v) is 16.2. The first kappa shape index (κ1) is 17.9. The third-order valence-electron chi connectivity index (χ3n) is 6.06. The van der Waals surface area contributed by atoms with Crippen molar-refractivity contribution in [3.63, 3.8) is 0 Å². The van der Waals surface area contributed by atoms with Gasteiger partial charge < -0.3 is 19.3 Å². The van der Waals surface area contributed by atoms with Crippen molar-refractivity contribution in [1.29, 1.82) is 0 Å². The highest BCUT2D eigenvalue weighted by molar-refractivity contribution is 6.30. The number of ketones is 2. The molecule has 6 rings (SSSR count). The van der Waals surface area contributed by atoms with Crippen LogP contribution in [0, 0.1) is 0 Å². The first-order valence-electron chi connectivity index (χ1n) is 9.60. The number of phenolic OH excluding ortho intramolecular Hbond substituents is 1. The number of rotatable bonds is 1. The fourth-order valence-corrected chi connectivity index (χ4v) is 4.78. The molecule has 1 N–H and O–H groups in total. The van der Waals surface area contributed by atoms with Crippen LogP contribution in [0.2, 0.25) is 0 Å². The lowest BCUT2D eigenvalue weighted by atomic mass is 9.77. The van der Waals surface area contributed by atoms with E-state index >= 15 is 0 Å². The van der Waals surface area contributed by atoms with Crippen LogP contribution in [0.25, 0.3) is 0 Å². The van der Waals surface area contributed by atoms with Crippen LogP contribution < -0.4 is 4.74 Å². The monoisotopic (exact) mass is 414 g/mol. The average molecular weight is 414 g/mol. The number of ether oxygens (including phenoxy) is 3. The van der Waals surface area contributed by atoms with Crippen LogP contribution in [-0.2, 0) is 21.9 Å². The maximum Gasteiger partial charge on any atom is 0.345 e. The fourth-order valence-electron chi connectivity index (χ4n) is 4.78. The minimum Gasteiger partial charge on any atom is -0.507 e. The Morgan fingerprint density at radius 3 is 2.39 bits per heavy atom. The summed E-state index contributed by atoms with van der Waals surface area (Å²) >= 11 is 0. The number of methoxy groups -OCH3 is 1. The second kappa shape index (κ2) is 5.80. The van der Waals surface area contributed by atoms with Gasteiger partial charge in [0.1, 0.15) is 17.1 Å². The summed E-state index contributed by atoms with van der Waals surface area (Å²) in [4.78, 5) is 39.6. The molecule has 1 aliphatic carbocycles. The molecule has 3 aromatic rings. The highest BCUT2D eigenvalue weighted by Crippen LogP contribution is 2.55. The van der Waals surface area contributed by atoms with Crippen molar-refractivity contribution >= 4 is 17.5 Å². The van der Waals surface area contributed by atoms with Gasteiger partial charge in [-0.25, -0.2) is 4.79 Å². The summed E-state index contributed by atoms with van der Waals surface area (Å²) in [6, 6.07) is 12.9. The molecule has 0 fully saturated rings. The first-order valence-corrected chi connectivity index (χ1v) is 9.60. The molecule has 0 amide bonds. The molecule has 7 heteroatoms. The number of carbonyl (C=O) groups is 3. The number of hydrogen-bond acceptors (Lipinski definition) is 7. The molecule has 2 heterocycles. The van der Waals surface area contributed by atoms with Crippen LogP contribution in [0.4, 0.5) is 0 Å². The Morgan fingerprint density at radius 1 is 0.903 bits per heavy atom. The molecular weight excluding hydrogens is 400 g/mol. The molecule has 0 aromatic heterocycles. The Kier molecular flexibility index (Phi) is 3.34. The SMILES string of the molecule is COc1cccc2c1[C@]1(OC2)OC(=O)c2c(O)cc3c(c21)C(=O)c1ccccc1C3=O. The van der Waals surface area contributed by atoms with Crippen molar-refractivity contribution < 1.29 is 33.7 Å². The van der Waals surface area contributed by atoms with Crippen LogP contribution in [0.5, 0.6) is 11.5 Å². The Balaban J connectivity index is 1.74. The van der Waals surface area contributed by atoms with E-state index in [0.717, 1.165) is 6.07 Å². The predicted octanol–water partition coefficient (Wildman–Crippen LogP) is 3.08. The molecule has 0 bridgehead atoms. The van der Waals surface area contributed by atoms with E-state index in [-0.39, 0.29) is 40.0 Å². The van der Waals surface area contributed by atoms with E-state index in [2.05, 4.69) is 0 Å². The van der Waals surface area contributed by atoms with Crippen molar-refractivity contribution in [3.05, 3.63) is 93.0 Å². The first-order chi connectivity index (χ1) is 15.0. The van der Waals surface area contributed by atoms with Gasteiger partial charge in [0.05, 0.1) is 24.8 Å². The average Bonchev–Trinajstić information content (AvgIpc) is 3.30. The smallest absolute Gasteiger partial charge is 0.345 e. The van der Waals surface area contributed by atoms with Crippen LogP contribution >= 0.6 is 0 Å². The molecule has 2 aliphatic heterocycles. The molecule has 31 heavy (non-hydrogen) atoms. The Morgan fingerprint density at radius 2 is 1.65 bits per heavy atom. The number of benzene rings is 3. The van der Waals surface area contributed by atoms with Gasteiger partial charge in [0.2, 0.25) is 0 Å². The molecule has 3 aliphatic rings. The third kappa shape index (κ3) is 2.03. The van der Waals surface area contributed by atoms with Crippen molar-refractivity contribution in [2.75, 3.05) is 7.11 Å². The van der Waals surface area contributed by atoms with Crippen molar-refractivity contribution in [2.45, 2.75) is 12.4 Å². The summed E-state index contributed by atoms with van der Waals surface area (Å²) in [5, 5.41) is 10.7. The maximum atomic E-state index is 13.6. The molecule has 3 aromatic carbocycles. The van der Waals surface area contributed by atoms with E-state index in [9.17, 15) is 19.5 Å². The molecule has 0 saturated heterocycles. The molecule has 0 radical (unpaired) electrons. The predicted molar refractivity (Wildman–Crippen MR) is 105 cm³/mol. The van der Waals surface area contributed by atoms with E-state index in [1.165, 1.54) is 7.11 Å². The van der Waals surface area contributed by atoms with Gasteiger partial charge in [0, 0.05) is 22.3 Å². The summed E-state index contributed by atoms with van der Waals surface area (Å²) in [6.07, 6.45) is 0. The number of carbonyl (C=O) groups excluding carboxylic acids is 3.